The molecule has 4 rings (SSSR count). The normalized spacial score (nSPS) is 21.6. The van der Waals surface area contributed by atoms with Gasteiger partial charge in [0.2, 0.25) is 0 Å². The van der Waals surface area contributed by atoms with Crippen molar-refractivity contribution in [3.05, 3.63) is 40.4 Å². The second-order valence-electron chi connectivity index (χ2n) is 5.90. The minimum atomic E-state index is -0.134. The molecule has 1 atom stereocenters. The fourth-order valence-corrected chi connectivity index (χ4v) is 5.60. The van der Waals surface area contributed by atoms with Crippen LogP contribution in [-0.2, 0) is 12.0 Å². The van der Waals surface area contributed by atoms with E-state index in [0.29, 0.717) is 10.9 Å². The van der Waals surface area contributed by atoms with Gasteiger partial charge in [-0.05, 0) is 49.4 Å². The fraction of sp³-hybridized carbons (Fsp3) is 0.421. The number of rotatable bonds is 1. The Balaban J connectivity index is 0.000000880. The first-order valence-electron chi connectivity index (χ1n) is 8.69. The molecular weight excluding hydrogens is 348 g/mol. The lowest BCUT2D eigenvalue weighted by Crippen LogP contribution is -2.34. The maximum atomic E-state index is 9.06. The zero-order valence-corrected chi connectivity index (χ0v) is 16.2. The van der Waals surface area contributed by atoms with Gasteiger partial charge in [-0.15, -0.1) is 11.3 Å². The molecule has 0 saturated heterocycles. The molecule has 1 aliphatic carbocycles. The molecule has 0 bridgehead atoms. The maximum absolute atomic E-state index is 9.06. The van der Waals surface area contributed by atoms with Crippen LogP contribution in [-0.4, -0.2) is 15.9 Å². The number of fused-ring (bicyclic) bond motifs is 2. The number of hydrogen-bond donors (Lipinski definition) is 1. The second-order valence-corrected chi connectivity index (χ2v) is 8.15. The van der Waals surface area contributed by atoms with Crippen LogP contribution >= 0.6 is 23.1 Å². The van der Waals surface area contributed by atoms with Gasteiger partial charge >= 0.3 is 0 Å². The topological polar surface area (TPSA) is 75.1 Å². The highest BCUT2D eigenvalue weighted by Crippen LogP contribution is 2.48. The Morgan fingerprint density at radius 1 is 1.28 bits per heavy atom. The predicted molar refractivity (Wildman–Crippen MR) is 107 cm³/mol. The highest BCUT2D eigenvalue weighted by atomic mass is 32.2. The molecule has 3 heterocycles. The van der Waals surface area contributed by atoms with E-state index in [1.807, 2.05) is 26.0 Å². The SMILES string of the molecule is CC.N#Cc1cccc(-c2cc3c(s2)CCCC32CCSC(N)=N2)n1. The summed E-state index contributed by atoms with van der Waals surface area (Å²) in [6.07, 6.45) is 4.37. The van der Waals surface area contributed by atoms with Crippen molar-refractivity contribution in [3.63, 3.8) is 0 Å². The summed E-state index contributed by atoms with van der Waals surface area (Å²) in [6, 6.07) is 9.95. The summed E-state index contributed by atoms with van der Waals surface area (Å²) in [5.41, 5.74) is 8.55. The Kier molecular flexibility index (Phi) is 5.45. The highest BCUT2D eigenvalue weighted by molar-refractivity contribution is 8.13. The third-order valence-electron chi connectivity index (χ3n) is 4.51. The lowest BCUT2D eigenvalue weighted by atomic mass is 9.78. The van der Waals surface area contributed by atoms with E-state index in [9.17, 15) is 0 Å². The van der Waals surface area contributed by atoms with Crippen LogP contribution in [0.4, 0.5) is 0 Å². The minimum Gasteiger partial charge on any atom is -0.379 e. The average molecular weight is 371 g/mol. The van der Waals surface area contributed by atoms with Gasteiger partial charge in [-0.25, -0.2) is 4.98 Å². The number of thiophene rings is 1. The quantitative estimate of drug-likeness (QED) is 0.790. The molecule has 6 heteroatoms. The van der Waals surface area contributed by atoms with E-state index < -0.39 is 0 Å². The lowest BCUT2D eigenvalue weighted by Gasteiger charge is -2.36. The second kappa shape index (κ2) is 7.59. The van der Waals surface area contributed by atoms with E-state index in [1.165, 1.54) is 10.4 Å². The molecule has 1 spiro atoms. The summed E-state index contributed by atoms with van der Waals surface area (Å²) in [6.45, 7) is 4.00. The zero-order chi connectivity index (χ0) is 17.9. The first-order valence-corrected chi connectivity index (χ1v) is 10.5. The summed E-state index contributed by atoms with van der Waals surface area (Å²) in [5.74, 6) is 1.03. The number of nitriles is 1. The minimum absolute atomic E-state index is 0.134. The molecule has 2 aromatic rings. The van der Waals surface area contributed by atoms with E-state index in [2.05, 4.69) is 17.1 Å². The molecule has 1 unspecified atom stereocenters. The van der Waals surface area contributed by atoms with Crippen LogP contribution in [0.5, 0.6) is 0 Å². The van der Waals surface area contributed by atoms with Crippen molar-refractivity contribution in [2.24, 2.45) is 10.7 Å². The number of nitrogens with zero attached hydrogens (tertiary/aromatic N) is 3. The molecule has 2 N–H and O–H groups in total. The van der Waals surface area contributed by atoms with Crippen LogP contribution in [0.15, 0.2) is 29.3 Å². The molecule has 4 nitrogen and oxygen atoms in total. The largest absolute Gasteiger partial charge is 0.379 e. The van der Waals surface area contributed by atoms with Gasteiger partial charge in [0.05, 0.1) is 16.1 Å². The molecule has 25 heavy (non-hydrogen) atoms. The summed E-state index contributed by atoms with van der Waals surface area (Å²) in [5, 5.41) is 9.77. The van der Waals surface area contributed by atoms with E-state index in [1.54, 1.807) is 29.2 Å². The highest BCUT2D eigenvalue weighted by Gasteiger charge is 2.39. The molecule has 0 aromatic carbocycles. The third kappa shape index (κ3) is 3.44. The lowest BCUT2D eigenvalue weighted by molar-refractivity contribution is 0.368. The van der Waals surface area contributed by atoms with Crippen LogP contribution in [0.1, 0.15) is 49.2 Å². The number of aliphatic imine (C=N–C) groups is 1. The van der Waals surface area contributed by atoms with E-state index in [0.717, 1.165) is 42.0 Å². The molecule has 2 aromatic heterocycles. The van der Waals surface area contributed by atoms with Gasteiger partial charge < -0.3 is 5.73 Å². The number of aryl methyl sites for hydroxylation is 1. The van der Waals surface area contributed by atoms with Gasteiger partial charge in [0.25, 0.3) is 0 Å². The molecular formula is C19H22N4S2. The Morgan fingerprint density at radius 2 is 2.12 bits per heavy atom. The molecule has 0 fully saturated rings. The van der Waals surface area contributed by atoms with Crippen LogP contribution in [0.2, 0.25) is 0 Å². The summed E-state index contributed by atoms with van der Waals surface area (Å²) in [7, 11) is 0. The molecule has 130 valence electrons. The van der Waals surface area contributed by atoms with Crippen molar-refractivity contribution in [1.82, 2.24) is 4.98 Å². The Morgan fingerprint density at radius 3 is 2.88 bits per heavy atom. The van der Waals surface area contributed by atoms with Gasteiger partial charge in [0.15, 0.2) is 5.17 Å². The van der Waals surface area contributed by atoms with Crippen LogP contribution in [0.25, 0.3) is 10.6 Å². The monoisotopic (exact) mass is 370 g/mol. The number of hydrogen-bond acceptors (Lipinski definition) is 6. The van der Waals surface area contributed by atoms with Crippen molar-refractivity contribution < 1.29 is 0 Å². The van der Waals surface area contributed by atoms with E-state index >= 15 is 0 Å². The van der Waals surface area contributed by atoms with Crippen LogP contribution in [0, 0.1) is 11.3 Å². The van der Waals surface area contributed by atoms with Crippen LogP contribution < -0.4 is 5.73 Å². The number of amidine groups is 1. The molecule has 0 radical (unpaired) electrons. The van der Waals surface area contributed by atoms with Gasteiger partial charge in [-0.3, -0.25) is 4.99 Å². The van der Waals surface area contributed by atoms with E-state index in [4.69, 9.17) is 16.0 Å². The summed E-state index contributed by atoms with van der Waals surface area (Å²) in [4.78, 5) is 11.8. The maximum Gasteiger partial charge on any atom is 0.154 e. The van der Waals surface area contributed by atoms with Gasteiger partial charge in [-0.2, -0.15) is 5.26 Å². The van der Waals surface area contributed by atoms with Crippen molar-refractivity contribution in [1.29, 1.82) is 5.26 Å². The first kappa shape index (κ1) is 18.0. The van der Waals surface area contributed by atoms with Gasteiger partial charge in [0, 0.05) is 10.6 Å². The smallest absolute Gasteiger partial charge is 0.154 e. The Hall–Kier alpha value is -1.84. The van der Waals surface area contributed by atoms with Crippen molar-refractivity contribution in [2.45, 2.75) is 45.1 Å². The first-order chi connectivity index (χ1) is 12.2. The molecule has 1 aliphatic heterocycles. The van der Waals surface area contributed by atoms with Crippen molar-refractivity contribution in [2.75, 3.05) is 5.75 Å². The Labute approximate surface area is 157 Å². The molecule has 2 aliphatic rings. The number of pyridine rings is 1. The standard InChI is InChI=1S/C17H16N4S2.C2H6/c18-10-11-3-1-4-13(20-11)15-9-12-14(23-15)5-2-6-17(12)7-8-22-16(19)21-17;1-2/h1,3-4,9H,2,5-8H2,(H2,19,21);1-2H3. The fourth-order valence-electron chi connectivity index (χ4n) is 3.44. The van der Waals surface area contributed by atoms with Crippen LogP contribution in [0.3, 0.4) is 0 Å². The van der Waals surface area contributed by atoms with E-state index in [-0.39, 0.29) is 5.54 Å². The molecule has 0 saturated carbocycles. The summed E-state index contributed by atoms with van der Waals surface area (Å²) >= 11 is 3.44. The number of aromatic nitrogens is 1. The van der Waals surface area contributed by atoms with Gasteiger partial charge in [-0.1, -0.05) is 31.7 Å². The Bertz CT molecular complexity index is 834. The zero-order valence-electron chi connectivity index (χ0n) is 14.6. The predicted octanol–water partition coefficient (Wildman–Crippen LogP) is 4.69. The summed E-state index contributed by atoms with van der Waals surface area (Å²) < 4.78 is 0. The number of nitrogens with two attached hydrogens (primary N) is 1. The average Bonchev–Trinajstić information content (AvgIpc) is 3.10. The number of thioether (sulfide) groups is 1. The van der Waals surface area contributed by atoms with Crippen molar-refractivity contribution >= 4 is 28.3 Å². The van der Waals surface area contributed by atoms with Crippen molar-refractivity contribution in [3.8, 4) is 16.6 Å². The molecule has 0 amide bonds. The third-order valence-corrected chi connectivity index (χ3v) is 6.52. The van der Waals surface area contributed by atoms with Gasteiger partial charge in [0.1, 0.15) is 11.8 Å².